The molecule has 3 atom stereocenters. The highest BCUT2D eigenvalue weighted by Gasteiger charge is 2.27. The van der Waals surface area contributed by atoms with Gasteiger partial charge in [0, 0.05) is 11.8 Å². The Morgan fingerprint density at radius 3 is 2.50 bits per heavy atom. The number of nitrogens with two attached hydrogens (primary N) is 1. The highest BCUT2D eigenvalue weighted by molar-refractivity contribution is 7.91. The second-order valence-electron chi connectivity index (χ2n) is 5.04. The molecular weight excluding hydrogens is 222 g/mol. The minimum atomic E-state index is -2.82. The van der Waals surface area contributed by atoms with Gasteiger partial charge in [0.15, 0.2) is 0 Å². The molecule has 0 aliphatic heterocycles. The van der Waals surface area contributed by atoms with Gasteiger partial charge >= 0.3 is 0 Å². The van der Waals surface area contributed by atoms with Crippen LogP contribution in [0, 0.1) is 11.8 Å². The molecule has 1 rings (SSSR count). The summed E-state index contributed by atoms with van der Waals surface area (Å²) in [4.78, 5) is 0. The van der Waals surface area contributed by atoms with Crippen LogP contribution in [0.25, 0.3) is 0 Å². The Morgan fingerprint density at radius 2 is 1.94 bits per heavy atom. The first kappa shape index (κ1) is 14.0. The third kappa shape index (κ3) is 4.06. The fraction of sp³-hybridized carbons (Fsp3) is 1.00. The first-order valence-corrected chi connectivity index (χ1v) is 8.26. The fourth-order valence-electron chi connectivity index (χ4n) is 2.56. The van der Waals surface area contributed by atoms with Gasteiger partial charge in [0.25, 0.3) is 0 Å². The van der Waals surface area contributed by atoms with Crippen molar-refractivity contribution in [2.75, 3.05) is 11.5 Å². The largest absolute Gasteiger partial charge is 0.327 e. The van der Waals surface area contributed by atoms with Crippen LogP contribution in [0.15, 0.2) is 0 Å². The summed E-state index contributed by atoms with van der Waals surface area (Å²) in [6.07, 6.45) is 5.36. The summed E-state index contributed by atoms with van der Waals surface area (Å²) >= 11 is 0. The third-order valence-electron chi connectivity index (χ3n) is 3.97. The molecule has 0 aromatic heterocycles. The molecule has 0 saturated heterocycles. The highest BCUT2D eigenvalue weighted by Crippen LogP contribution is 2.32. The maximum atomic E-state index is 11.5. The van der Waals surface area contributed by atoms with E-state index in [0.717, 1.165) is 25.2 Å². The lowest BCUT2D eigenvalue weighted by Gasteiger charge is -2.33. The van der Waals surface area contributed by atoms with Crippen LogP contribution >= 0.6 is 0 Å². The molecule has 2 N–H and O–H groups in total. The van der Waals surface area contributed by atoms with Gasteiger partial charge in [-0.05, 0) is 37.5 Å². The van der Waals surface area contributed by atoms with Gasteiger partial charge in [-0.25, -0.2) is 8.42 Å². The van der Waals surface area contributed by atoms with Crippen molar-refractivity contribution in [3.8, 4) is 0 Å². The van der Waals surface area contributed by atoms with Crippen molar-refractivity contribution < 1.29 is 8.42 Å². The first-order chi connectivity index (χ1) is 7.48. The van der Waals surface area contributed by atoms with Crippen LogP contribution in [0.2, 0.25) is 0 Å². The zero-order chi connectivity index (χ0) is 12.2. The van der Waals surface area contributed by atoms with Gasteiger partial charge in [-0.15, -0.1) is 0 Å². The molecule has 1 fully saturated rings. The first-order valence-electron chi connectivity index (χ1n) is 6.44. The van der Waals surface area contributed by atoms with E-state index in [1.165, 1.54) is 12.8 Å². The van der Waals surface area contributed by atoms with Crippen LogP contribution in [0.4, 0.5) is 0 Å². The Bertz CT molecular complexity index is 300. The summed E-state index contributed by atoms with van der Waals surface area (Å²) in [6, 6.07) is 0.217. The van der Waals surface area contributed by atoms with Crippen LogP contribution in [-0.4, -0.2) is 26.0 Å². The molecule has 0 amide bonds. The molecule has 3 unspecified atom stereocenters. The Hall–Kier alpha value is -0.0900. The maximum absolute atomic E-state index is 11.5. The smallest absolute Gasteiger partial charge is 0.150 e. The number of hydrogen-bond acceptors (Lipinski definition) is 3. The van der Waals surface area contributed by atoms with Crippen LogP contribution in [0.1, 0.15) is 46.0 Å². The van der Waals surface area contributed by atoms with Gasteiger partial charge in [0.1, 0.15) is 9.84 Å². The lowest BCUT2D eigenvalue weighted by Crippen LogP contribution is -2.37. The van der Waals surface area contributed by atoms with Gasteiger partial charge in [-0.1, -0.05) is 20.3 Å². The number of hydrogen-bond donors (Lipinski definition) is 1. The zero-order valence-electron chi connectivity index (χ0n) is 10.5. The molecular formula is C12H25NO2S. The van der Waals surface area contributed by atoms with E-state index in [9.17, 15) is 8.42 Å². The van der Waals surface area contributed by atoms with Crippen LogP contribution in [0.5, 0.6) is 0 Å². The van der Waals surface area contributed by atoms with Crippen molar-refractivity contribution in [1.82, 2.24) is 0 Å². The quantitative estimate of drug-likeness (QED) is 0.808. The number of rotatable bonds is 5. The van der Waals surface area contributed by atoms with Crippen molar-refractivity contribution in [3.63, 3.8) is 0 Å². The van der Waals surface area contributed by atoms with E-state index in [-0.39, 0.29) is 11.8 Å². The Balaban J connectivity index is 2.45. The van der Waals surface area contributed by atoms with Crippen LogP contribution in [-0.2, 0) is 9.84 Å². The van der Waals surface area contributed by atoms with Gasteiger partial charge < -0.3 is 5.73 Å². The molecule has 0 heterocycles. The average Bonchev–Trinajstić information content (AvgIpc) is 2.28. The van der Waals surface area contributed by atoms with Crippen molar-refractivity contribution in [2.45, 2.75) is 52.0 Å². The summed E-state index contributed by atoms with van der Waals surface area (Å²) in [6.45, 7) is 3.92. The van der Waals surface area contributed by atoms with E-state index in [4.69, 9.17) is 5.73 Å². The molecule has 1 saturated carbocycles. The van der Waals surface area contributed by atoms with Crippen LogP contribution in [0.3, 0.4) is 0 Å². The summed E-state index contributed by atoms with van der Waals surface area (Å²) in [5.41, 5.74) is 6.07. The molecule has 0 spiro atoms. The summed E-state index contributed by atoms with van der Waals surface area (Å²) in [5.74, 6) is 1.75. The molecule has 0 aromatic rings. The monoisotopic (exact) mass is 247 g/mol. The van der Waals surface area contributed by atoms with E-state index < -0.39 is 9.84 Å². The fourth-order valence-corrected chi connectivity index (χ4v) is 3.51. The molecule has 1 aliphatic carbocycles. The summed E-state index contributed by atoms with van der Waals surface area (Å²) in [7, 11) is -2.82. The summed E-state index contributed by atoms with van der Waals surface area (Å²) in [5, 5.41) is 0. The topological polar surface area (TPSA) is 60.2 Å². The molecule has 16 heavy (non-hydrogen) atoms. The van der Waals surface area contributed by atoms with Gasteiger partial charge in [0.2, 0.25) is 0 Å². The third-order valence-corrected chi connectivity index (χ3v) is 5.70. The van der Waals surface area contributed by atoms with Gasteiger partial charge in [-0.3, -0.25) is 0 Å². The lowest BCUT2D eigenvalue weighted by molar-refractivity contribution is 0.223. The van der Waals surface area contributed by atoms with E-state index in [1.807, 2.05) is 0 Å². The average molecular weight is 247 g/mol. The van der Waals surface area contributed by atoms with Gasteiger partial charge in [0.05, 0.1) is 5.75 Å². The normalized spacial score (nSPS) is 31.6. The molecule has 0 radical (unpaired) electrons. The molecule has 96 valence electrons. The maximum Gasteiger partial charge on any atom is 0.150 e. The van der Waals surface area contributed by atoms with E-state index in [2.05, 4.69) is 6.92 Å². The minimum Gasteiger partial charge on any atom is -0.327 e. The summed E-state index contributed by atoms with van der Waals surface area (Å²) < 4.78 is 22.9. The minimum absolute atomic E-state index is 0.217. The molecule has 0 bridgehead atoms. The van der Waals surface area contributed by atoms with Crippen LogP contribution < -0.4 is 5.73 Å². The Morgan fingerprint density at radius 1 is 1.25 bits per heavy atom. The van der Waals surface area contributed by atoms with Crippen molar-refractivity contribution in [3.05, 3.63) is 0 Å². The van der Waals surface area contributed by atoms with Crippen molar-refractivity contribution in [1.29, 1.82) is 0 Å². The zero-order valence-corrected chi connectivity index (χ0v) is 11.3. The second kappa shape index (κ2) is 6.01. The lowest BCUT2D eigenvalue weighted by atomic mass is 9.76. The molecule has 3 nitrogen and oxygen atoms in total. The highest BCUT2D eigenvalue weighted by atomic mass is 32.2. The van der Waals surface area contributed by atoms with Crippen molar-refractivity contribution >= 4 is 9.84 Å². The van der Waals surface area contributed by atoms with Gasteiger partial charge in [-0.2, -0.15) is 0 Å². The Labute approximate surface area is 99.7 Å². The predicted molar refractivity (Wildman–Crippen MR) is 68.0 cm³/mol. The van der Waals surface area contributed by atoms with E-state index in [1.54, 1.807) is 6.92 Å². The second-order valence-corrected chi connectivity index (χ2v) is 7.51. The Kier molecular flexibility index (Phi) is 5.25. The SMILES string of the molecule is CCC1CCC(N)C(CCS(=O)(=O)CC)C1. The molecule has 4 heteroatoms. The molecule has 1 aliphatic rings. The molecule has 0 aromatic carbocycles. The van der Waals surface area contributed by atoms with E-state index >= 15 is 0 Å². The number of sulfone groups is 1. The van der Waals surface area contributed by atoms with Crippen molar-refractivity contribution in [2.24, 2.45) is 17.6 Å². The van der Waals surface area contributed by atoms with E-state index in [0.29, 0.717) is 11.7 Å². The predicted octanol–water partition coefficient (Wildman–Crippen LogP) is 1.96. The standard InChI is InChI=1S/C12H25NO2S/c1-3-10-5-6-12(13)11(9-10)7-8-16(14,15)4-2/h10-12H,3-9,13H2,1-2H3.